The molecule has 0 spiro atoms. The Morgan fingerprint density at radius 2 is 1.94 bits per heavy atom. The highest BCUT2D eigenvalue weighted by Crippen LogP contribution is 2.47. The summed E-state index contributed by atoms with van der Waals surface area (Å²) in [5.41, 5.74) is 0. The first kappa shape index (κ1) is 11.7. The lowest BCUT2D eigenvalue weighted by molar-refractivity contribution is -0.139. The lowest BCUT2D eigenvalue weighted by Crippen LogP contribution is -2.31. The van der Waals surface area contributed by atoms with E-state index in [-0.39, 0.29) is 6.79 Å². The molecule has 5 heteroatoms. The molecule has 1 N–H and O–H groups in total. The Bertz CT molecular complexity index is 480. The summed E-state index contributed by atoms with van der Waals surface area (Å²) in [5, 5.41) is 9.44. The standard InChI is InChI=1S/C13H14O4S/c14-12(15)13(5-1-2-6-13)18-9-3-4-10-11(7-9)17-8-16-10/h3-4,7H,1-2,5-6,8H2,(H,14,15). The zero-order chi connectivity index (χ0) is 12.6. The number of hydrogen-bond acceptors (Lipinski definition) is 4. The lowest BCUT2D eigenvalue weighted by atomic mass is 10.1. The molecule has 1 heterocycles. The van der Waals surface area contributed by atoms with Crippen molar-refractivity contribution in [1.82, 2.24) is 0 Å². The van der Waals surface area contributed by atoms with E-state index in [9.17, 15) is 9.90 Å². The maximum atomic E-state index is 11.5. The molecule has 18 heavy (non-hydrogen) atoms. The van der Waals surface area contributed by atoms with Gasteiger partial charge >= 0.3 is 5.97 Å². The average molecular weight is 266 g/mol. The molecule has 0 aromatic heterocycles. The van der Waals surface area contributed by atoms with Crippen LogP contribution in [0.3, 0.4) is 0 Å². The Balaban J connectivity index is 1.85. The van der Waals surface area contributed by atoms with Crippen LogP contribution in [0.2, 0.25) is 0 Å². The van der Waals surface area contributed by atoms with Crippen LogP contribution >= 0.6 is 11.8 Å². The highest BCUT2D eigenvalue weighted by molar-refractivity contribution is 8.01. The van der Waals surface area contributed by atoms with E-state index in [1.807, 2.05) is 18.2 Å². The van der Waals surface area contributed by atoms with Crippen molar-refractivity contribution in [3.63, 3.8) is 0 Å². The van der Waals surface area contributed by atoms with Crippen molar-refractivity contribution in [2.45, 2.75) is 35.3 Å². The van der Waals surface area contributed by atoms with Crippen LogP contribution < -0.4 is 9.47 Å². The van der Waals surface area contributed by atoms with Gasteiger partial charge in [0.25, 0.3) is 0 Å². The Labute approximate surface area is 109 Å². The first-order chi connectivity index (χ1) is 8.70. The molecule has 0 amide bonds. The van der Waals surface area contributed by atoms with Crippen LogP contribution in [0.15, 0.2) is 23.1 Å². The van der Waals surface area contributed by atoms with E-state index >= 15 is 0 Å². The smallest absolute Gasteiger partial charge is 0.320 e. The molecule has 3 rings (SSSR count). The van der Waals surface area contributed by atoms with Crippen molar-refractivity contribution in [3.8, 4) is 11.5 Å². The summed E-state index contributed by atoms with van der Waals surface area (Å²) in [6.07, 6.45) is 3.45. The fourth-order valence-electron chi connectivity index (χ4n) is 2.47. The number of aliphatic carboxylic acids is 1. The van der Waals surface area contributed by atoms with E-state index in [1.165, 1.54) is 11.8 Å². The van der Waals surface area contributed by atoms with Gasteiger partial charge in [0, 0.05) is 4.90 Å². The SMILES string of the molecule is O=C(O)C1(Sc2ccc3c(c2)OCO3)CCCC1. The van der Waals surface area contributed by atoms with E-state index in [4.69, 9.17) is 9.47 Å². The number of carboxylic acid groups (broad SMARTS) is 1. The van der Waals surface area contributed by atoms with Crippen LogP contribution in [-0.2, 0) is 4.79 Å². The van der Waals surface area contributed by atoms with Crippen LogP contribution in [0.1, 0.15) is 25.7 Å². The van der Waals surface area contributed by atoms with Crippen LogP contribution in [0.5, 0.6) is 11.5 Å². The molecule has 1 saturated carbocycles. The van der Waals surface area contributed by atoms with E-state index in [0.717, 1.165) is 36.3 Å². The van der Waals surface area contributed by atoms with E-state index < -0.39 is 10.7 Å². The van der Waals surface area contributed by atoms with Gasteiger partial charge in [-0.25, -0.2) is 0 Å². The largest absolute Gasteiger partial charge is 0.480 e. The molecular weight excluding hydrogens is 252 g/mol. The molecule has 1 aliphatic carbocycles. The molecule has 2 aliphatic rings. The number of carbonyl (C=O) groups is 1. The van der Waals surface area contributed by atoms with Gasteiger partial charge < -0.3 is 14.6 Å². The Hall–Kier alpha value is -1.36. The average Bonchev–Trinajstić information content (AvgIpc) is 2.97. The number of thioether (sulfide) groups is 1. The summed E-state index contributed by atoms with van der Waals surface area (Å²) < 4.78 is 9.90. The lowest BCUT2D eigenvalue weighted by Gasteiger charge is -2.23. The van der Waals surface area contributed by atoms with Gasteiger partial charge in [-0.2, -0.15) is 0 Å². The quantitative estimate of drug-likeness (QED) is 0.911. The summed E-state index contributed by atoms with van der Waals surface area (Å²) in [5.74, 6) is 0.733. The van der Waals surface area contributed by atoms with Crippen molar-refractivity contribution >= 4 is 17.7 Å². The number of hydrogen-bond donors (Lipinski definition) is 1. The molecule has 0 atom stereocenters. The molecule has 0 unspecified atom stereocenters. The van der Waals surface area contributed by atoms with Crippen LogP contribution in [0.4, 0.5) is 0 Å². The number of ether oxygens (including phenoxy) is 2. The predicted octanol–water partition coefficient (Wildman–Crippen LogP) is 2.90. The molecule has 0 radical (unpaired) electrons. The molecule has 0 saturated heterocycles. The van der Waals surface area contributed by atoms with Crippen LogP contribution in [0, 0.1) is 0 Å². The van der Waals surface area contributed by atoms with E-state index in [0.29, 0.717) is 5.75 Å². The van der Waals surface area contributed by atoms with Gasteiger partial charge in [0.1, 0.15) is 4.75 Å². The normalized spacial score (nSPS) is 20.0. The highest BCUT2D eigenvalue weighted by atomic mass is 32.2. The summed E-state index contributed by atoms with van der Waals surface area (Å²) in [7, 11) is 0. The third-order valence-corrected chi connectivity index (χ3v) is 4.92. The molecule has 1 fully saturated rings. The molecule has 1 aromatic rings. The van der Waals surface area contributed by atoms with E-state index in [2.05, 4.69) is 0 Å². The van der Waals surface area contributed by atoms with E-state index in [1.54, 1.807) is 0 Å². The zero-order valence-corrected chi connectivity index (χ0v) is 10.7. The van der Waals surface area contributed by atoms with Gasteiger partial charge in [-0.3, -0.25) is 4.79 Å². The first-order valence-corrected chi connectivity index (χ1v) is 6.83. The topological polar surface area (TPSA) is 55.8 Å². The second-order valence-electron chi connectivity index (χ2n) is 4.62. The minimum Gasteiger partial charge on any atom is -0.480 e. The number of benzene rings is 1. The Kier molecular flexibility index (Phi) is 2.86. The monoisotopic (exact) mass is 266 g/mol. The zero-order valence-electron chi connectivity index (χ0n) is 9.85. The first-order valence-electron chi connectivity index (χ1n) is 6.02. The maximum Gasteiger partial charge on any atom is 0.320 e. The van der Waals surface area contributed by atoms with Crippen molar-refractivity contribution in [2.75, 3.05) is 6.79 Å². The summed E-state index contributed by atoms with van der Waals surface area (Å²) in [4.78, 5) is 12.4. The molecule has 4 nitrogen and oxygen atoms in total. The molecule has 1 aliphatic heterocycles. The number of fused-ring (bicyclic) bond motifs is 1. The molecule has 0 bridgehead atoms. The minimum atomic E-state index is -0.706. The van der Waals surface area contributed by atoms with Gasteiger partial charge in [-0.15, -0.1) is 11.8 Å². The number of rotatable bonds is 3. The third-order valence-electron chi connectivity index (χ3n) is 3.46. The maximum absolute atomic E-state index is 11.5. The Morgan fingerprint density at radius 3 is 2.67 bits per heavy atom. The molecular formula is C13H14O4S. The Morgan fingerprint density at radius 1 is 1.22 bits per heavy atom. The fraction of sp³-hybridized carbons (Fsp3) is 0.462. The summed E-state index contributed by atoms with van der Waals surface area (Å²) >= 11 is 1.44. The summed E-state index contributed by atoms with van der Waals surface area (Å²) in [6, 6.07) is 5.62. The van der Waals surface area contributed by atoms with Crippen LogP contribution in [-0.4, -0.2) is 22.6 Å². The summed E-state index contributed by atoms with van der Waals surface area (Å²) in [6.45, 7) is 0.244. The van der Waals surface area contributed by atoms with Gasteiger partial charge in [-0.05, 0) is 31.0 Å². The molecule has 96 valence electrons. The van der Waals surface area contributed by atoms with Gasteiger partial charge in [0.15, 0.2) is 11.5 Å². The minimum absolute atomic E-state index is 0.244. The van der Waals surface area contributed by atoms with Crippen LogP contribution in [0.25, 0.3) is 0 Å². The van der Waals surface area contributed by atoms with Crippen molar-refractivity contribution in [2.24, 2.45) is 0 Å². The second kappa shape index (κ2) is 4.39. The predicted molar refractivity (Wildman–Crippen MR) is 67.3 cm³/mol. The van der Waals surface area contributed by atoms with Crippen molar-refractivity contribution in [1.29, 1.82) is 0 Å². The van der Waals surface area contributed by atoms with Crippen molar-refractivity contribution in [3.05, 3.63) is 18.2 Å². The second-order valence-corrected chi connectivity index (χ2v) is 6.08. The molecule has 1 aromatic carbocycles. The van der Waals surface area contributed by atoms with Gasteiger partial charge in [0.2, 0.25) is 6.79 Å². The fourth-order valence-corrected chi connectivity index (χ4v) is 3.80. The number of carboxylic acids is 1. The van der Waals surface area contributed by atoms with Gasteiger partial charge in [0.05, 0.1) is 0 Å². The third kappa shape index (κ3) is 1.92. The van der Waals surface area contributed by atoms with Gasteiger partial charge in [-0.1, -0.05) is 12.8 Å². The highest BCUT2D eigenvalue weighted by Gasteiger charge is 2.42. The van der Waals surface area contributed by atoms with Crippen molar-refractivity contribution < 1.29 is 19.4 Å².